The highest BCUT2D eigenvalue weighted by atomic mass is 16.2. The van der Waals surface area contributed by atoms with E-state index in [1.807, 2.05) is 35.2 Å². The SMILES string of the molecule is CCCCc1cccc(C(=O)Nc2ccccc2C(=O)N2CCCC2)c1. The number of anilines is 1. The van der Waals surface area contributed by atoms with Crippen molar-refractivity contribution in [3.8, 4) is 0 Å². The normalized spacial score (nSPS) is 13.7. The van der Waals surface area contributed by atoms with Crippen molar-refractivity contribution in [1.82, 2.24) is 4.90 Å². The van der Waals surface area contributed by atoms with Crippen molar-refractivity contribution in [2.75, 3.05) is 18.4 Å². The second-order valence-corrected chi connectivity index (χ2v) is 6.80. The molecule has 4 nitrogen and oxygen atoms in total. The molecule has 0 saturated carbocycles. The van der Waals surface area contributed by atoms with Crippen LogP contribution in [-0.4, -0.2) is 29.8 Å². The van der Waals surface area contributed by atoms with E-state index in [9.17, 15) is 9.59 Å². The largest absolute Gasteiger partial charge is 0.339 e. The molecule has 3 rings (SSSR count). The molecule has 0 bridgehead atoms. The fraction of sp³-hybridized carbons (Fsp3) is 0.364. The average molecular weight is 350 g/mol. The third-order valence-electron chi connectivity index (χ3n) is 4.81. The summed E-state index contributed by atoms with van der Waals surface area (Å²) in [6, 6.07) is 15.0. The summed E-state index contributed by atoms with van der Waals surface area (Å²) in [5, 5.41) is 2.93. The molecule has 136 valence electrons. The van der Waals surface area contributed by atoms with Crippen LogP contribution in [-0.2, 0) is 6.42 Å². The van der Waals surface area contributed by atoms with Crippen LogP contribution in [0.2, 0.25) is 0 Å². The molecule has 1 heterocycles. The van der Waals surface area contributed by atoms with Crippen molar-refractivity contribution in [3.05, 3.63) is 65.2 Å². The fourth-order valence-corrected chi connectivity index (χ4v) is 3.31. The topological polar surface area (TPSA) is 49.4 Å². The van der Waals surface area contributed by atoms with Crippen molar-refractivity contribution in [2.45, 2.75) is 39.0 Å². The van der Waals surface area contributed by atoms with Crippen LogP contribution in [0.5, 0.6) is 0 Å². The number of para-hydroxylation sites is 1. The Kier molecular flexibility index (Phi) is 6.05. The van der Waals surface area contributed by atoms with Gasteiger partial charge in [0.1, 0.15) is 0 Å². The summed E-state index contributed by atoms with van der Waals surface area (Å²) in [5.41, 5.74) is 2.93. The van der Waals surface area contributed by atoms with Gasteiger partial charge in [0, 0.05) is 18.7 Å². The number of nitrogens with one attached hydrogen (secondary N) is 1. The molecule has 1 saturated heterocycles. The summed E-state index contributed by atoms with van der Waals surface area (Å²) in [7, 11) is 0. The Hall–Kier alpha value is -2.62. The Labute approximate surface area is 155 Å². The Morgan fingerprint density at radius 1 is 1.04 bits per heavy atom. The van der Waals surface area contributed by atoms with Gasteiger partial charge in [0.2, 0.25) is 0 Å². The van der Waals surface area contributed by atoms with Gasteiger partial charge in [-0.15, -0.1) is 0 Å². The first kappa shape index (κ1) is 18.2. The lowest BCUT2D eigenvalue weighted by molar-refractivity contribution is 0.0794. The lowest BCUT2D eigenvalue weighted by atomic mass is 10.0. The van der Waals surface area contributed by atoms with Crippen LogP contribution in [0.15, 0.2) is 48.5 Å². The number of hydrogen-bond donors (Lipinski definition) is 1. The third kappa shape index (κ3) is 4.31. The first-order chi connectivity index (χ1) is 12.7. The van der Waals surface area contributed by atoms with Gasteiger partial charge in [-0.25, -0.2) is 0 Å². The number of aryl methyl sites for hydroxylation is 1. The highest BCUT2D eigenvalue weighted by Gasteiger charge is 2.22. The molecule has 0 spiro atoms. The molecule has 2 aromatic rings. The zero-order valence-electron chi connectivity index (χ0n) is 15.3. The Morgan fingerprint density at radius 2 is 1.81 bits per heavy atom. The molecule has 2 amide bonds. The van der Waals surface area contributed by atoms with Gasteiger partial charge in [-0.05, 0) is 55.5 Å². The maximum absolute atomic E-state index is 12.7. The van der Waals surface area contributed by atoms with Gasteiger partial charge in [-0.1, -0.05) is 37.6 Å². The monoisotopic (exact) mass is 350 g/mol. The molecule has 0 radical (unpaired) electrons. The van der Waals surface area contributed by atoms with Crippen molar-refractivity contribution in [2.24, 2.45) is 0 Å². The first-order valence-corrected chi connectivity index (χ1v) is 9.47. The molecule has 0 atom stereocenters. The van der Waals surface area contributed by atoms with Gasteiger partial charge in [0.25, 0.3) is 11.8 Å². The molecular formula is C22H26N2O2. The lowest BCUT2D eigenvalue weighted by Crippen LogP contribution is -2.28. The number of unbranched alkanes of at least 4 members (excludes halogenated alkanes) is 1. The van der Waals surface area contributed by atoms with Crippen LogP contribution >= 0.6 is 0 Å². The maximum atomic E-state index is 12.7. The summed E-state index contributed by atoms with van der Waals surface area (Å²) in [6.45, 7) is 3.74. The number of carbonyl (C=O) groups is 2. The maximum Gasteiger partial charge on any atom is 0.255 e. The van der Waals surface area contributed by atoms with Crippen molar-refractivity contribution in [1.29, 1.82) is 0 Å². The molecule has 0 unspecified atom stereocenters. The molecule has 2 aromatic carbocycles. The van der Waals surface area contributed by atoms with Gasteiger partial charge in [0.05, 0.1) is 11.3 Å². The van der Waals surface area contributed by atoms with E-state index in [4.69, 9.17) is 0 Å². The summed E-state index contributed by atoms with van der Waals surface area (Å²) in [6.07, 6.45) is 5.30. The predicted molar refractivity (Wildman–Crippen MR) is 105 cm³/mol. The Balaban J connectivity index is 1.76. The second-order valence-electron chi connectivity index (χ2n) is 6.80. The molecule has 0 aliphatic carbocycles. The predicted octanol–water partition coefficient (Wildman–Crippen LogP) is 4.52. The zero-order valence-corrected chi connectivity index (χ0v) is 15.3. The minimum absolute atomic E-state index is 0.00454. The zero-order chi connectivity index (χ0) is 18.4. The van der Waals surface area contributed by atoms with Crippen LogP contribution in [0.4, 0.5) is 5.69 Å². The Bertz CT molecular complexity index is 779. The number of amides is 2. The van der Waals surface area contributed by atoms with Gasteiger partial charge in [-0.2, -0.15) is 0 Å². The number of rotatable bonds is 6. The molecular weight excluding hydrogens is 324 g/mol. The summed E-state index contributed by atoms with van der Waals surface area (Å²) >= 11 is 0. The number of hydrogen-bond acceptors (Lipinski definition) is 2. The van der Waals surface area contributed by atoms with E-state index in [1.54, 1.807) is 12.1 Å². The van der Waals surface area contributed by atoms with Crippen LogP contribution in [0.1, 0.15) is 58.9 Å². The summed E-state index contributed by atoms with van der Waals surface area (Å²) < 4.78 is 0. The van der Waals surface area contributed by atoms with Gasteiger partial charge in [0.15, 0.2) is 0 Å². The van der Waals surface area contributed by atoms with Crippen molar-refractivity contribution in [3.63, 3.8) is 0 Å². The second kappa shape index (κ2) is 8.65. The molecule has 0 aromatic heterocycles. The van der Waals surface area contributed by atoms with Crippen molar-refractivity contribution < 1.29 is 9.59 Å². The van der Waals surface area contributed by atoms with E-state index in [0.29, 0.717) is 16.8 Å². The standard InChI is InChI=1S/C22H26N2O2/c1-2-3-9-17-10-8-11-18(16-17)21(25)23-20-13-5-4-12-19(20)22(26)24-14-6-7-15-24/h4-5,8,10-13,16H,2-3,6-7,9,14-15H2,1H3,(H,23,25). The average Bonchev–Trinajstić information content (AvgIpc) is 3.21. The highest BCUT2D eigenvalue weighted by Crippen LogP contribution is 2.21. The van der Waals surface area contributed by atoms with E-state index >= 15 is 0 Å². The van der Waals surface area contributed by atoms with Crippen LogP contribution in [0.25, 0.3) is 0 Å². The summed E-state index contributed by atoms with van der Waals surface area (Å²) in [4.78, 5) is 27.3. The van der Waals surface area contributed by atoms with Crippen LogP contribution in [0.3, 0.4) is 0 Å². The van der Waals surface area contributed by atoms with E-state index in [-0.39, 0.29) is 11.8 Å². The van der Waals surface area contributed by atoms with E-state index in [1.165, 1.54) is 5.56 Å². The number of nitrogens with zero attached hydrogens (tertiary/aromatic N) is 1. The third-order valence-corrected chi connectivity index (χ3v) is 4.81. The minimum Gasteiger partial charge on any atom is -0.339 e. The first-order valence-electron chi connectivity index (χ1n) is 9.47. The molecule has 1 aliphatic rings. The Morgan fingerprint density at radius 3 is 2.58 bits per heavy atom. The van der Waals surface area contributed by atoms with Gasteiger partial charge in [-0.3, -0.25) is 9.59 Å². The van der Waals surface area contributed by atoms with Gasteiger partial charge < -0.3 is 10.2 Å². The minimum atomic E-state index is -0.176. The fourth-order valence-electron chi connectivity index (χ4n) is 3.31. The highest BCUT2D eigenvalue weighted by molar-refractivity contribution is 6.09. The quantitative estimate of drug-likeness (QED) is 0.833. The van der Waals surface area contributed by atoms with E-state index in [2.05, 4.69) is 18.3 Å². The molecule has 1 aliphatic heterocycles. The van der Waals surface area contributed by atoms with E-state index < -0.39 is 0 Å². The lowest BCUT2D eigenvalue weighted by Gasteiger charge is -2.18. The van der Waals surface area contributed by atoms with Gasteiger partial charge >= 0.3 is 0 Å². The molecule has 1 N–H and O–H groups in total. The molecule has 4 heteroatoms. The van der Waals surface area contributed by atoms with Crippen LogP contribution in [0, 0.1) is 0 Å². The number of likely N-dealkylation sites (tertiary alicyclic amines) is 1. The smallest absolute Gasteiger partial charge is 0.255 e. The van der Waals surface area contributed by atoms with Crippen LogP contribution < -0.4 is 5.32 Å². The van der Waals surface area contributed by atoms with E-state index in [0.717, 1.165) is 45.2 Å². The number of carbonyl (C=O) groups excluding carboxylic acids is 2. The van der Waals surface area contributed by atoms with Crippen molar-refractivity contribution >= 4 is 17.5 Å². The molecule has 1 fully saturated rings. The summed E-state index contributed by atoms with van der Waals surface area (Å²) in [5.74, 6) is -0.180. The number of benzene rings is 2. The molecule has 26 heavy (non-hydrogen) atoms.